The van der Waals surface area contributed by atoms with Crippen molar-refractivity contribution in [1.82, 2.24) is 5.32 Å². The fourth-order valence-electron chi connectivity index (χ4n) is 1.96. The molecule has 0 fully saturated rings. The Morgan fingerprint density at radius 1 is 1.00 bits per heavy atom. The van der Waals surface area contributed by atoms with Crippen molar-refractivity contribution in [3.63, 3.8) is 0 Å². The summed E-state index contributed by atoms with van der Waals surface area (Å²) in [5.41, 5.74) is 1.26. The molecule has 1 N–H and O–H groups in total. The Kier molecular flexibility index (Phi) is 9.57. The quantitative estimate of drug-likeness (QED) is 0.505. The Hall–Kier alpha value is -0.0600. The zero-order chi connectivity index (χ0) is 14.8. The van der Waals surface area contributed by atoms with Crippen molar-refractivity contribution in [1.29, 1.82) is 0 Å². The molecule has 0 aliphatic heterocycles. The Balaban J connectivity index is 2.51. The number of hydrogen-bond acceptors (Lipinski definition) is 2. The Bertz CT molecular complexity index is 373. The summed E-state index contributed by atoms with van der Waals surface area (Å²) in [7, 11) is 0. The number of unbranched alkanes of at least 4 members (excludes halogenated alkanes) is 3. The molecule has 0 atom stereocenters. The van der Waals surface area contributed by atoms with Crippen LogP contribution in [-0.2, 0) is 6.54 Å². The van der Waals surface area contributed by atoms with Gasteiger partial charge in [0, 0.05) is 6.54 Å². The molecule has 1 aromatic rings. The Labute approximate surface area is 139 Å². The van der Waals surface area contributed by atoms with Crippen LogP contribution in [0.4, 0.5) is 0 Å². The molecule has 0 spiro atoms. The molecule has 0 radical (unpaired) electrons. The van der Waals surface area contributed by atoms with Gasteiger partial charge in [0.25, 0.3) is 0 Å². The van der Waals surface area contributed by atoms with Crippen molar-refractivity contribution in [2.45, 2.75) is 52.5 Å². The molecule has 0 aromatic heterocycles. The fraction of sp³-hybridized carbons (Fsp3) is 0.625. The maximum absolute atomic E-state index is 5.88. The molecule has 0 saturated heterocycles. The van der Waals surface area contributed by atoms with E-state index in [2.05, 4.69) is 63.2 Å². The van der Waals surface area contributed by atoms with Crippen LogP contribution in [0.25, 0.3) is 0 Å². The summed E-state index contributed by atoms with van der Waals surface area (Å²) in [6, 6.07) is 4.27. The Morgan fingerprint density at radius 3 is 2.30 bits per heavy atom. The molecule has 114 valence electrons. The van der Waals surface area contributed by atoms with Gasteiger partial charge in [-0.15, -0.1) is 0 Å². The maximum atomic E-state index is 5.88. The number of nitrogens with one attached hydrogen (secondary N) is 1. The van der Waals surface area contributed by atoms with E-state index in [9.17, 15) is 0 Å². The van der Waals surface area contributed by atoms with Crippen LogP contribution in [0.3, 0.4) is 0 Å². The maximum Gasteiger partial charge on any atom is 0.147 e. The van der Waals surface area contributed by atoms with E-state index in [4.69, 9.17) is 4.74 Å². The molecule has 0 saturated carbocycles. The SMILES string of the molecule is CCCCCCOc1c(Br)cc(CNCCC)cc1Br. The average Bonchev–Trinajstić information content (AvgIpc) is 2.41. The van der Waals surface area contributed by atoms with Gasteiger partial charge in [0.05, 0.1) is 15.6 Å². The highest BCUT2D eigenvalue weighted by Crippen LogP contribution is 2.35. The van der Waals surface area contributed by atoms with E-state index < -0.39 is 0 Å². The minimum Gasteiger partial charge on any atom is -0.491 e. The number of rotatable bonds is 10. The molecule has 1 rings (SSSR count). The van der Waals surface area contributed by atoms with E-state index in [1.54, 1.807) is 0 Å². The molecule has 0 bridgehead atoms. The van der Waals surface area contributed by atoms with Gasteiger partial charge < -0.3 is 10.1 Å². The fourth-order valence-corrected chi connectivity index (χ4v) is 3.48. The van der Waals surface area contributed by atoms with Gasteiger partial charge in [0.1, 0.15) is 5.75 Å². The van der Waals surface area contributed by atoms with Crippen molar-refractivity contribution in [3.8, 4) is 5.75 Å². The smallest absolute Gasteiger partial charge is 0.147 e. The van der Waals surface area contributed by atoms with Gasteiger partial charge in [0.15, 0.2) is 0 Å². The minimum absolute atomic E-state index is 0.782. The number of halogens is 2. The van der Waals surface area contributed by atoms with E-state index in [-0.39, 0.29) is 0 Å². The highest BCUT2D eigenvalue weighted by atomic mass is 79.9. The van der Waals surface area contributed by atoms with Crippen LogP contribution in [0.2, 0.25) is 0 Å². The summed E-state index contributed by atoms with van der Waals surface area (Å²) in [6.45, 7) is 7.12. The van der Waals surface area contributed by atoms with Crippen LogP contribution >= 0.6 is 31.9 Å². The van der Waals surface area contributed by atoms with E-state index in [0.29, 0.717) is 0 Å². The van der Waals surface area contributed by atoms with Crippen molar-refractivity contribution in [2.75, 3.05) is 13.2 Å². The zero-order valence-electron chi connectivity index (χ0n) is 12.5. The second-order valence-electron chi connectivity index (χ2n) is 4.97. The lowest BCUT2D eigenvalue weighted by Gasteiger charge is -2.12. The van der Waals surface area contributed by atoms with E-state index in [0.717, 1.165) is 47.2 Å². The first-order valence-corrected chi connectivity index (χ1v) is 9.09. The summed E-state index contributed by atoms with van der Waals surface area (Å²) in [5, 5.41) is 3.41. The largest absolute Gasteiger partial charge is 0.491 e. The molecule has 4 heteroatoms. The molecule has 0 unspecified atom stereocenters. The first kappa shape index (κ1) is 18.0. The normalized spacial score (nSPS) is 10.8. The van der Waals surface area contributed by atoms with Crippen molar-refractivity contribution >= 4 is 31.9 Å². The third-order valence-corrected chi connectivity index (χ3v) is 4.24. The summed E-state index contributed by atoms with van der Waals surface area (Å²) >= 11 is 7.21. The third kappa shape index (κ3) is 6.59. The van der Waals surface area contributed by atoms with Crippen LogP contribution in [0, 0.1) is 0 Å². The van der Waals surface area contributed by atoms with Gasteiger partial charge in [0.2, 0.25) is 0 Å². The monoisotopic (exact) mass is 405 g/mol. The second-order valence-corrected chi connectivity index (χ2v) is 6.68. The van der Waals surface area contributed by atoms with Crippen LogP contribution < -0.4 is 10.1 Å². The summed E-state index contributed by atoms with van der Waals surface area (Å²) < 4.78 is 7.93. The predicted molar refractivity (Wildman–Crippen MR) is 93.5 cm³/mol. The topological polar surface area (TPSA) is 21.3 Å². The lowest BCUT2D eigenvalue weighted by Crippen LogP contribution is -2.13. The Morgan fingerprint density at radius 2 is 1.70 bits per heavy atom. The third-order valence-electron chi connectivity index (χ3n) is 3.06. The van der Waals surface area contributed by atoms with Gasteiger partial charge in [-0.3, -0.25) is 0 Å². The highest BCUT2D eigenvalue weighted by Gasteiger charge is 2.08. The standard InChI is InChI=1S/C16H25Br2NO/c1-3-5-6-7-9-20-16-14(17)10-13(11-15(16)18)12-19-8-4-2/h10-11,19H,3-9,12H2,1-2H3. The molecule has 1 aromatic carbocycles. The average molecular weight is 407 g/mol. The first-order valence-electron chi connectivity index (χ1n) is 7.50. The lowest BCUT2D eigenvalue weighted by atomic mass is 10.2. The van der Waals surface area contributed by atoms with Crippen LogP contribution in [-0.4, -0.2) is 13.2 Å². The van der Waals surface area contributed by atoms with Gasteiger partial charge in [-0.2, -0.15) is 0 Å². The van der Waals surface area contributed by atoms with Crippen LogP contribution in [0.15, 0.2) is 21.1 Å². The van der Waals surface area contributed by atoms with Crippen LogP contribution in [0.5, 0.6) is 5.75 Å². The zero-order valence-corrected chi connectivity index (χ0v) is 15.6. The van der Waals surface area contributed by atoms with Crippen molar-refractivity contribution < 1.29 is 4.74 Å². The van der Waals surface area contributed by atoms with Gasteiger partial charge in [-0.25, -0.2) is 0 Å². The summed E-state index contributed by atoms with van der Waals surface area (Å²) in [5.74, 6) is 0.917. The molecular formula is C16H25Br2NO. The van der Waals surface area contributed by atoms with Crippen LogP contribution in [0.1, 0.15) is 51.5 Å². The molecule has 20 heavy (non-hydrogen) atoms. The second kappa shape index (κ2) is 10.6. The molecule has 0 aliphatic rings. The number of benzene rings is 1. The molecular weight excluding hydrogens is 382 g/mol. The lowest BCUT2D eigenvalue weighted by molar-refractivity contribution is 0.301. The number of ether oxygens (including phenoxy) is 1. The van der Waals surface area contributed by atoms with Crippen molar-refractivity contribution in [3.05, 3.63) is 26.6 Å². The minimum atomic E-state index is 0.782. The molecule has 0 aliphatic carbocycles. The van der Waals surface area contributed by atoms with E-state index in [1.807, 2.05) is 0 Å². The molecule has 0 amide bonds. The molecule has 2 nitrogen and oxygen atoms in total. The van der Waals surface area contributed by atoms with E-state index >= 15 is 0 Å². The van der Waals surface area contributed by atoms with Crippen molar-refractivity contribution in [2.24, 2.45) is 0 Å². The summed E-state index contributed by atoms with van der Waals surface area (Å²) in [4.78, 5) is 0. The van der Waals surface area contributed by atoms with Gasteiger partial charge in [-0.05, 0) is 68.9 Å². The first-order chi connectivity index (χ1) is 9.69. The van der Waals surface area contributed by atoms with Gasteiger partial charge in [-0.1, -0.05) is 33.1 Å². The highest BCUT2D eigenvalue weighted by molar-refractivity contribution is 9.11. The van der Waals surface area contributed by atoms with Gasteiger partial charge >= 0.3 is 0 Å². The summed E-state index contributed by atoms with van der Waals surface area (Å²) in [6.07, 6.45) is 6.05. The predicted octanol–water partition coefficient (Wildman–Crippen LogP) is 5.67. The number of hydrogen-bond donors (Lipinski definition) is 1. The molecule has 0 heterocycles. The van der Waals surface area contributed by atoms with E-state index in [1.165, 1.54) is 24.8 Å².